The van der Waals surface area contributed by atoms with Gasteiger partial charge in [-0.15, -0.1) is 5.10 Å². The first-order valence-corrected chi connectivity index (χ1v) is 8.36. The third kappa shape index (κ3) is 3.93. The molecule has 0 aliphatic carbocycles. The van der Waals surface area contributed by atoms with E-state index in [2.05, 4.69) is 15.3 Å². The molecule has 0 saturated carbocycles. The molecule has 0 spiro atoms. The largest absolute Gasteiger partial charge is 0.392 e. The minimum atomic E-state index is -0.482. The summed E-state index contributed by atoms with van der Waals surface area (Å²) in [6, 6.07) is 7.30. The number of benzene rings is 1. The zero-order chi connectivity index (χ0) is 18.0. The number of hydrogen-bond acceptors (Lipinski definition) is 5. The summed E-state index contributed by atoms with van der Waals surface area (Å²) in [5, 5.41) is 19.0. The van der Waals surface area contributed by atoms with Crippen molar-refractivity contribution in [2.45, 2.75) is 46.4 Å². The van der Waals surface area contributed by atoms with E-state index in [1.54, 1.807) is 21.6 Å². The highest BCUT2D eigenvalue weighted by Crippen LogP contribution is 2.21. The van der Waals surface area contributed by atoms with E-state index in [0.717, 1.165) is 5.69 Å². The first kappa shape index (κ1) is 17.3. The molecular weight excluding hydrogens is 318 g/mol. The van der Waals surface area contributed by atoms with Gasteiger partial charge in [0.1, 0.15) is 0 Å². The monoisotopic (exact) mass is 341 g/mol. The van der Waals surface area contributed by atoms with E-state index < -0.39 is 6.10 Å². The molecule has 7 heteroatoms. The van der Waals surface area contributed by atoms with E-state index in [1.165, 1.54) is 0 Å². The van der Waals surface area contributed by atoms with Gasteiger partial charge in [0, 0.05) is 19.2 Å². The second kappa shape index (κ2) is 6.76. The molecule has 2 heterocycles. The third-order valence-electron chi connectivity index (χ3n) is 4.29. The van der Waals surface area contributed by atoms with Crippen molar-refractivity contribution in [2.24, 2.45) is 5.41 Å². The fourth-order valence-electron chi connectivity index (χ4n) is 2.52. The van der Waals surface area contributed by atoms with E-state index in [1.807, 2.05) is 45.2 Å². The van der Waals surface area contributed by atoms with Gasteiger partial charge in [0.25, 0.3) is 5.56 Å². The Kier molecular flexibility index (Phi) is 4.67. The maximum atomic E-state index is 12.5. The van der Waals surface area contributed by atoms with Crippen LogP contribution in [-0.4, -0.2) is 35.8 Å². The number of aromatic nitrogens is 5. The Bertz CT molecular complexity index is 923. The van der Waals surface area contributed by atoms with Crippen LogP contribution < -0.4 is 5.56 Å². The lowest BCUT2D eigenvalue weighted by Crippen LogP contribution is -2.28. The molecule has 1 aromatic carbocycles. The van der Waals surface area contributed by atoms with Gasteiger partial charge in [0.05, 0.1) is 35.6 Å². The average molecular weight is 341 g/mol. The molecule has 3 aromatic rings. The van der Waals surface area contributed by atoms with Crippen molar-refractivity contribution in [2.75, 3.05) is 0 Å². The number of aliphatic hydroxyl groups is 1. The first-order valence-electron chi connectivity index (χ1n) is 8.36. The fraction of sp³-hybridized carbons (Fsp3) is 0.444. The number of aliphatic hydroxyl groups excluding tert-OH is 1. The number of rotatable bonds is 5. The minimum absolute atomic E-state index is 0.0610. The topological polar surface area (TPSA) is 85.8 Å². The van der Waals surface area contributed by atoms with Crippen molar-refractivity contribution in [3.63, 3.8) is 0 Å². The molecule has 3 rings (SSSR count). The normalized spacial score (nSPS) is 13.3. The Morgan fingerprint density at radius 2 is 1.96 bits per heavy atom. The number of nitrogens with zero attached hydrogens (tertiary/aromatic N) is 5. The van der Waals surface area contributed by atoms with Gasteiger partial charge in [-0.05, 0) is 17.5 Å². The molecule has 0 aliphatic heterocycles. The summed E-state index contributed by atoms with van der Waals surface area (Å²) >= 11 is 0. The van der Waals surface area contributed by atoms with Crippen molar-refractivity contribution in [3.8, 4) is 0 Å². The maximum absolute atomic E-state index is 12.5. The quantitative estimate of drug-likeness (QED) is 0.762. The highest BCUT2D eigenvalue weighted by molar-refractivity contribution is 5.76. The maximum Gasteiger partial charge on any atom is 0.261 e. The van der Waals surface area contributed by atoms with Crippen LogP contribution in [0.3, 0.4) is 0 Å². The summed E-state index contributed by atoms with van der Waals surface area (Å²) in [5.74, 6) is 0. The van der Waals surface area contributed by atoms with Crippen LogP contribution in [0.4, 0.5) is 0 Å². The average Bonchev–Trinajstić information content (AvgIpc) is 3.01. The highest BCUT2D eigenvalue weighted by atomic mass is 16.3. The standard InChI is InChI=1S/C18H23N5O2/c1-18(2,3)16(24)10-13-11-23(21-20-13)9-8-22-12-19-15-7-5-4-6-14(15)17(22)25/h4-7,11-12,16,24H,8-10H2,1-3H3. The summed E-state index contributed by atoms with van der Waals surface area (Å²) in [6.45, 7) is 6.93. The van der Waals surface area contributed by atoms with Crippen molar-refractivity contribution in [3.05, 3.63) is 52.8 Å². The molecule has 132 valence electrons. The number of para-hydroxylation sites is 1. The van der Waals surface area contributed by atoms with Crippen LogP contribution in [0.15, 0.2) is 41.6 Å². The van der Waals surface area contributed by atoms with Gasteiger partial charge < -0.3 is 5.11 Å². The van der Waals surface area contributed by atoms with Gasteiger partial charge in [-0.3, -0.25) is 14.0 Å². The van der Waals surface area contributed by atoms with Gasteiger partial charge in [0.2, 0.25) is 0 Å². The summed E-state index contributed by atoms with van der Waals surface area (Å²) in [4.78, 5) is 16.8. The molecule has 25 heavy (non-hydrogen) atoms. The predicted octanol–water partition coefficient (Wildman–Crippen LogP) is 1.64. The van der Waals surface area contributed by atoms with Gasteiger partial charge in [-0.25, -0.2) is 4.98 Å². The van der Waals surface area contributed by atoms with Gasteiger partial charge in [0.15, 0.2) is 0 Å². The van der Waals surface area contributed by atoms with Gasteiger partial charge in [-0.2, -0.15) is 0 Å². The zero-order valence-electron chi connectivity index (χ0n) is 14.8. The highest BCUT2D eigenvalue weighted by Gasteiger charge is 2.23. The van der Waals surface area contributed by atoms with Crippen LogP contribution in [0.5, 0.6) is 0 Å². The van der Waals surface area contributed by atoms with Crippen molar-refractivity contribution in [1.29, 1.82) is 0 Å². The minimum Gasteiger partial charge on any atom is -0.392 e. The summed E-state index contributed by atoms with van der Waals surface area (Å²) in [7, 11) is 0. The van der Waals surface area contributed by atoms with Crippen LogP contribution in [0.1, 0.15) is 26.5 Å². The SMILES string of the molecule is CC(C)(C)C(O)Cc1cn(CCn2cnc3ccccc3c2=O)nn1. The second-order valence-corrected chi connectivity index (χ2v) is 7.32. The van der Waals surface area contributed by atoms with E-state index in [9.17, 15) is 9.90 Å². The van der Waals surface area contributed by atoms with Crippen molar-refractivity contribution >= 4 is 10.9 Å². The third-order valence-corrected chi connectivity index (χ3v) is 4.29. The van der Waals surface area contributed by atoms with Crippen molar-refractivity contribution < 1.29 is 5.11 Å². The molecule has 0 saturated heterocycles. The molecule has 0 aliphatic rings. The Morgan fingerprint density at radius 3 is 2.72 bits per heavy atom. The molecule has 0 amide bonds. The summed E-state index contributed by atoms with van der Waals surface area (Å²) in [6.07, 6.45) is 3.35. The molecular formula is C18H23N5O2. The Hall–Kier alpha value is -2.54. The molecule has 1 atom stereocenters. The molecule has 1 unspecified atom stereocenters. The molecule has 0 radical (unpaired) electrons. The lowest BCUT2D eigenvalue weighted by molar-refractivity contribution is 0.0627. The van der Waals surface area contributed by atoms with E-state index in [4.69, 9.17) is 0 Å². The van der Waals surface area contributed by atoms with Crippen LogP contribution in [0, 0.1) is 5.41 Å². The Balaban J connectivity index is 1.69. The van der Waals surface area contributed by atoms with Crippen LogP contribution in [0.2, 0.25) is 0 Å². The van der Waals surface area contributed by atoms with Crippen LogP contribution in [-0.2, 0) is 19.5 Å². The number of fused-ring (bicyclic) bond motifs is 1. The van der Waals surface area contributed by atoms with Crippen LogP contribution in [0.25, 0.3) is 10.9 Å². The zero-order valence-corrected chi connectivity index (χ0v) is 14.8. The molecule has 1 N–H and O–H groups in total. The molecule has 7 nitrogen and oxygen atoms in total. The fourth-order valence-corrected chi connectivity index (χ4v) is 2.52. The summed E-state index contributed by atoms with van der Waals surface area (Å²) in [5.41, 5.74) is 1.18. The lowest BCUT2D eigenvalue weighted by Gasteiger charge is -2.24. The van der Waals surface area contributed by atoms with Gasteiger partial charge >= 0.3 is 0 Å². The van der Waals surface area contributed by atoms with Crippen LogP contribution >= 0.6 is 0 Å². The summed E-state index contributed by atoms with van der Waals surface area (Å²) < 4.78 is 3.26. The Morgan fingerprint density at radius 1 is 1.20 bits per heavy atom. The van der Waals surface area contributed by atoms with E-state index >= 15 is 0 Å². The predicted molar refractivity (Wildman–Crippen MR) is 95.2 cm³/mol. The van der Waals surface area contributed by atoms with Crippen molar-refractivity contribution in [1.82, 2.24) is 24.5 Å². The Labute approximate surface area is 145 Å². The van der Waals surface area contributed by atoms with E-state index in [0.29, 0.717) is 30.4 Å². The lowest BCUT2D eigenvalue weighted by atomic mass is 9.87. The molecule has 2 aromatic heterocycles. The number of aryl methyl sites for hydroxylation is 2. The number of hydrogen-bond donors (Lipinski definition) is 1. The molecule has 0 bridgehead atoms. The van der Waals surface area contributed by atoms with E-state index in [-0.39, 0.29) is 11.0 Å². The molecule has 0 fully saturated rings. The van der Waals surface area contributed by atoms with Gasteiger partial charge in [-0.1, -0.05) is 38.1 Å². The second-order valence-electron chi connectivity index (χ2n) is 7.32. The smallest absolute Gasteiger partial charge is 0.261 e. The first-order chi connectivity index (χ1) is 11.8.